The summed E-state index contributed by atoms with van der Waals surface area (Å²) in [4.78, 5) is 88.4. The van der Waals surface area contributed by atoms with Crippen molar-refractivity contribution in [3.8, 4) is 17.6 Å². The number of aryl methyl sites for hydroxylation is 1. The van der Waals surface area contributed by atoms with Gasteiger partial charge in [0.15, 0.2) is 30.3 Å². The van der Waals surface area contributed by atoms with Crippen molar-refractivity contribution in [2.45, 2.75) is 129 Å². The summed E-state index contributed by atoms with van der Waals surface area (Å²) in [5.74, 6) is -3.30. The molecule has 3 N–H and O–H groups in total. The third-order valence-corrected chi connectivity index (χ3v) is 9.26. The van der Waals surface area contributed by atoms with Gasteiger partial charge in [-0.05, 0) is 57.2 Å². The Bertz CT molecular complexity index is 1810. The lowest BCUT2D eigenvalue weighted by Crippen LogP contribution is -2.55. The molecule has 2 aromatic rings. The monoisotopic (exact) mass is 827 g/mol. The molecule has 0 fully saturated rings. The summed E-state index contributed by atoms with van der Waals surface area (Å²) in [7, 11) is 1.09. The topological polar surface area (TPSA) is 235 Å². The summed E-state index contributed by atoms with van der Waals surface area (Å²) in [6.45, 7) is 3.90. The van der Waals surface area contributed by atoms with E-state index in [0.717, 1.165) is 58.1 Å². The zero-order valence-corrected chi connectivity index (χ0v) is 34.3. The number of esters is 3. The number of rotatable bonds is 29. The molecular weight excluding hydrogens is 770 g/mol. The zero-order valence-electron chi connectivity index (χ0n) is 34.3. The van der Waals surface area contributed by atoms with E-state index in [1.807, 2.05) is 0 Å². The second kappa shape index (κ2) is 27.1. The third kappa shape index (κ3) is 18.6. The summed E-state index contributed by atoms with van der Waals surface area (Å²) < 4.78 is 29.7. The molecule has 16 heteroatoms. The number of aliphatic hydroxyl groups is 1. The Hall–Kier alpha value is -5.69. The summed E-state index contributed by atoms with van der Waals surface area (Å²) >= 11 is 0. The molecule has 0 saturated carbocycles. The minimum absolute atomic E-state index is 0.0129. The van der Waals surface area contributed by atoms with Gasteiger partial charge in [-0.15, -0.1) is 5.92 Å². The van der Waals surface area contributed by atoms with Crippen molar-refractivity contribution < 1.29 is 66.8 Å². The predicted octanol–water partition coefficient (Wildman–Crippen LogP) is 5.08. The number of hydrogen-bond donors (Lipinski definition) is 3. The average molecular weight is 828 g/mol. The Morgan fingerprint density at radius 2 is 1.58 bits per heavy atom. The summed E-state index contributed by atoms with van der Waals surface area (Å²) in [5, 5.41) is 24.3. The maximum atomic E-state index is 14.0. The number of amides is 1. The van der Waals surface area contributed by atoms with Crippen LogP contribution in [0.15, 0.2) is 50.0 Å². The molecule has 0 aliphatic carbocycles. The molecule has 0 saturated heterocycles. The van der Waals surface area contributed by atoms with E-state index in [1.165, 1.54) is 19.4 Å². The van der Waals surface area contributed by atoms with E-state index in [9.17, 15) is 43.8 Å². The van der Waals surface area contributed by atoms with E-state index >= 15 is 0 Å². The number of ketones is 1. The van der Waals surface area contributed by atoms with Crippen LogP contribution in [0.3, 0.4) is 0 Å². The fourth-order valence-electron chi connectivity index (χ4n) is 5.82. The molecule has 1 aromatic carbocycles. The molecule has 0 unspecified atom stereocenters. The maximum absolute atomic E-state index is 14.0. The Morgan fingerprint density at radius 1 is 0.915 bits per heavy atom. The summed E-state index contributed by atoms with van der Waals surface area (Å²) in [6.07, 6.45) is 10.8. The van der Waals surface area contributed by atoms with Crippen molar-refractivity contribution in [1.82, 2.24) is 5.32 Å². The van der Waals surface area contributed by atoms with E-state index < -0.39 is 72.8 Å². The fourth-order valence-corrected chi connectivity index (χ4v) is 5.82. The first-order valence-corrected chi connectivity index (χ1v) is 19.8. The molecule has 0 aliphatic rings. The lowest BCUT2D eigenvalue weighted by atomic mass is 9.82. The van der Waals surface area contributed by atoms with Gasteiger partial charge in [-0.3, -0.25) is 14.4 Å². The molecule has 324 valence electrons. The van der Waals surface area contributed by atoms with Gasteiger partial charge in [-0.25, -0.2) is 19.2 Å². The van der Waals surface area contributed by atoms with Crippen LogP contribution in [0.1, 0.15) is 114 Å². The Labute approximate surface area is 344 Å². The van der Waals surface area contributed by atoms with E-state index in [2.05, 4.69) is 28.8 Å². The minimum atomic E-state index is -3.11. The van der Waals surface area contributed by atoms with E-state index in [4.69, 9.17) is 23.0 Å². The lowest BCUT2D eigenvalue weighted by Gasteiger charge is -2.30. The molecule has 2 rings (SSSR count). The number of carboxylic acid groups (broad SMARTS) is 1. The van der Waals surface area contributed by atoms with Crippen LogP contribution in [0, 0.1) is 24.7 Å². The number of methoxy groups -OCH3 is 1. The molecule has 0 spiro atoms. The first-order chi connectivity index (χ1) is 28.2. The predicted molar refractivity (Wildman–Crippen MR) is 212 cm³/mol. The van der Waals surface area contributed by atoms with Crippen LogP contribution >= 0.6 is 0 Å². The molecule has 1 heterocycles. The van der Waals surface area contributed by atoms with Crippen molar-refractivity contribution in [1.29, 1.82) is 0 Å². The zero-order chi connectivity index (χ0) is 43.6. The Morgan fingerprint density at radius 3 is 2.17 bits per heavy atom. The molecule has 0 radical (unpaired) electrons. The number of Topliss-reactive ketones (excluding diaryl/α,β-unsaturated/α-hetero) is 1. The van der Waals surface area contributed by atoms with Crippen molar-refractivity contribution in [3.63, 3.8) is 0 Å². The van der Waals surface area contributed by atoms with Gasteiger partial charge in [0, 0.05) is 19.3 Å². The van der Waals surface area contributed by atoms with Gasteiger partial charge in [0.2, 0.25) is 5.91 Å². The quantitative estimate of drug-likeness (QED) is 0.0319. The van der Waals surface area contributed by atoms with Crippen LogP contribution in [0.2, 0.25) is 0 Å². The highest BCUT2D eigenvalue weighted by Gasteiger charge is 2.49. The largest absolute Gasteiger partial charge is 0.519 e. The molecular formula is C43H57NO15. The molecule has 1 amide bonds. The summed E-state index contributed by atoms with van der Waals surface area (Å²) in [5.41, 5.74) is -2.61. The highest BCUT2D eigenvalue weighted by atomic mass is 16.6. The van der Waals surface area contributed by atoms with Crippen LogP contribution < -0.4 is 15.9 Å². The number of unbranched alkanes of at least 4 members (excludes halogenated alkanes) is 8. The third-order valence-electron chi connectivity index (χ3n) is 9.26. The molecule has 59 heavy (non-hydrogen) atoms. The maximum Gasteiger partial charge on any atom is 0.519 e. The van der Waals surface area contributed by atoms with Gasteiger partial charge >= 0.3 is 29.7 Å². The van der Waals surface area contributed by atoms with Gasteiger partial charge in [-0.2, -0.15) is 0 Å². The SMILES string of the molecule is CC#CCOc1ccc(C[C@H](NC(=O)[C@@H](/C=C/CCCCCCC(=O)CCCCCCC)[C@@](O)(CC(=O)OCc2oc(=O)oc2C)C(=O)O)C(=O)OCC(=O)OC)cc1. The molecule has 3 atom stereocenters. The summed E-state index contributed by atoms with van der Waals surface area (Å²) in [6, 6.07) is 4.91. The highest BCUT2D eigenvalue weighted by molar-refractivity contribution is 5.95. The van der Waals surface area contributed by atoms with Crippen LogP contribution in [-0.2, 0) is 56.0 Å². The van der Waals surface area contributed by atoms with Gasteiger partial charge in [0.05, 0.1) is 19.4 Å². The molecule has 0 aliphatic heterocycles. The second-order valence-corrected chi connectivity index (χ2v) is 13.9. The van der Waals surface area contributed by atoms with Crippen LogP contribution in [-0.4, -0.2) is 77.7 Å². The van der Waals surface area contributed by atoms with Gasteiger partial charge in [0.25, 0.3) is 0 Å². The number of carbonyl (C=O) groups is 6. The van der Waals surface area contributed by atoms with Crippen molar-refractivity contribution in [2.24, 2.45) is 5.92 Å². The van der Waals surface area contributed by atoms with Gasteiger partial charge in [-0.1, -0.05) is 75.7 Å². The second-order valence-electron chi connectivity index (χ2n) is 13.9. The fraction of sp³-hybridized carbons (Fsp3) is 0.558. The lowest BCUT2D eigenvalue weighted by molar-refractivity contribution is -0.174. The number of hydrogen-bond acceptors (Lipinski definition) is 14. The van der Waals surface area contributed by atoms with E-state index in [0.29, 0.717) is 37.0 Å². The van der Waals surface area contributed by atoms with Crippen LogP contribution in [0.25, 0.3) is 0 Å². The number of ether oxygens (including phenoxy) is 4. The minimum Gasteiger partial charge on any atom is -0.481 e. The van der Waals surface area contributed by atoms with E-state index in [-0.39, 0.29) is 30.3 Å². The number of carbonyl (C=O) groups excluding carboxylic acids is 5. The smallest absolute Gasteiger partial charge is 0.481 e. The standard InChI is InChI=1S/C43H57NO15/c1-5-7-9-12-15-18-32(45)19-16-13-10-11-14-17-20-34(43(53,41(50)51)27-37(46)56-28-36-30(3)58-42(52)59-36)39(48)44-35(40(49)57-29-38(47)54-4)26-31-21-23-33(24-22-31)55-25-8-6-2/h17,20-24,34-35,53H,5,7,9-16,18-19,25-29H2,1-4H3,(H,44,48)(H,50,51)/b20-17+/t34-,35+,43+/m1/s1. The molecule has 16 nitrogen and oxygen atoms in total. The number of aliphatic carboxylic acids is 1. The van der Waals surface area contributed by atoms with Crippen LogP contribution in [0.5, 0.6) is 5.75 Å². The van der Waals surface area contributed by atoms with Crippen LogP contribution in [0.4, 0.5) is 0 Å². The number of nitrogens with one attached hydrogen (secondary N) is 1. The Balaban J connectivity index is 2.28. The van der Waals surface area contributed by atoms with E-state index in [1.54, 1.807) is 31.2 Å². The Kier molecular flexibility index (Phi) is 22.7. The normalized spacial score (nSPS) is 13.0. The van der Waals surface area contributed by atoms with Gasteiger partial charge < -0.3 is 43.3 Å². The average Bonchev–Trinajstić information content (AvgIpc) is 3.54. The number of benzene rings is 1. The highest BCUT2D eigenvalue weighted by Crippen LogP contribution is 2.27. The first kappa shape index (κ1) is 49.5. The molecule has 0 bridgehead atoms. The number of allylic oxidation sites excluding steroid dienone is 1. The van der Waals surface area contributed by atoms with Crippen molar-refractivity contribution in [3.05, 3.63) is 64.1 Å². The van der Waals surface area contributed by atoms with Gasteiger partial charge in [0.1, 0.15) is 24.2 Å². The number of carboxylic acids is 1. The van der Waals surface area contributed by atoms with Crippen molar-refractivity contribution >= 4 is 35.6 Å². The first-order valence-electron chi connectivity index (χ1n) is 19.8. The van der Waals surface area contributed by atoms with Crippen molar-refractivity contribution in [2.75, 3.05) is 20.3 Å². The molecule has 1 aromatic heterocycles.